The maximum atomic E-state index is 5.27. The van der Waals surface area contributed by atoms with Crippen molar-refractivity contribution >= 4 is 0 Å². The molecule has 0 spiro atoms. The van der Waals surface area contributed by atoms with Gasteiger partial charge in [-0.15, -0.1) is 0 Å². The van der Waals surface area contributed by atoms with Gasteiger partial charge in [-0.1, -0.05) is 11.6 Å². The molecular formula is C9H17NO. The lowest BCUT2D eigenvalue weighted by Gasteiger charge is -2.13. The SMILES string of the molecule is CCOCCC1=CCNCC1. The molecule has 0 aliphatic carbocycles. The Morgan fingerprint density at radius 3 is 3.18 bits per heavy atom. The molecule has 0 amide bonds. The first-order valence-corrected chi connectivity index (χ1v) is 4.40. The Morgan fingerprint density at radius 1 is 1.64 bits per heavy atom. The lowest BCUT2D eigenvalue weighted by molar-refractivity contribution is 0.150. The van der Waals surface area contributed by atoms with Crippen LogP contribution in [0.15, 0.2) is 11.6 Å². The van der Waals surface area contributed by atoms with Gasteiger partial charge < -0.3 is 10.1 Å². The molecule has 0 bridgehead atoms. The lowest BCUT2D eigenvalue weighted by atomic mass is 10.1. The van der Waals surface area contributed by atoms with Gasteiger partial charge in [0.05, 0.1) is 6.61 Å². The van der Waals surface area contributed by atoms with Gasteiger partial charge in [0.25, 0.3) is 0 Å². The minimum absolute atomic E-state index is 0.839. The predicted octanol–water partition coefficient (Wildman–Crippen LogP) is 1.33. The van der Waals surface area contributed by atoms with Gasteiger partial charge in [0.1, 0.15) is 0 Å². The molecule has 0 atom stereocenters. The molecule has 2 heteroatoms. The van der Waals surface area contributed by atoms with Crippen molar-refractivity contribution in [3.63, 3.8) is 0 Å². The zero-order chi connectivity index (χ0) is 7.94. The summed E-state index contributed by atoms with van der Waals surface area (Å²) in [5.41, 5.74) is 1.55. The first kappa shape index (κ1) is 8.75. The molecule has 0 aromatic carbocycles. The minimum Gasteiger partial charge on any atom is -0.381 e. The molecular weight excluding hydrogens is 138 g/mol. The van der Waals surface area contributed by atoms with E-state index in [0.717, 1.165) is 32.7 Å². The van der Waals surface area contributed by atoms with Crippen LogP contribution in [0, 0.1) is 0 Å². The summed E-state index contributed by atoms with van der Waals surface area (Å²) < 4.78 is 5.27. The first-order valence-electron chi connectivity index (χ1n) is 4.40. The quantitative estimate of drug-likeness (QED) is 0.488. The van der Waals surface area contributed by atoms with Crippen LogP contribution in [0.25, 0.3) is 0 Å². The summed E-state index contributed by atoms with van der Waals surface area (Å²) in [4.78, 5) is 0. The normalized spacial score (nSPS) is 18.1. The van der Waals surface area contributed by atoms with Crippen molar-refractivity contribution in [1.82, 2.24) is 5.32 Å². The highest BCUT2D eigenvalue weighted by Gasteiger charge is 2.01. The maximum absolute atomic E-state index is 5.27. The Kier molecular flexibility index (Phi) is 4.24. The Hall–Kier alpha value is -0.340. The number of hydrogen-bond acceptors (Lipinski definition) is 2. The Bertz CT molecular complexity index is 132. The highest BCUT2D eigenvalue weighted by molar-refractivity contribution is 5.06. The molecule has 11 heavy (non-hydrogen) atoms. The van der Waals surface area contributed by atoms with Gasteiger partial charge in [-0.2, -0.15) is 0 Å². The molecule has 0 saturated heterocycles. The fourth-order valence-electron chi connectivity index (χ4n) is 1.24. The van der Waals surface area contributed by atoms with Crippen LogP contribution in [0.2, 0.25) is 0 Å². The average Bonchev–Trinajstić information content (AvgIpc) is 2.07. The van der Waals surface area contributed by atoms with E-state index >= 15 is 0 Å². The van der Waals surface area contributed by atoms with E-state index in [-0.39, 0.29) is 0 Å². The van der Waals surface area contributed by atoms with E-state index < -0.39 is 0 Å². The van der Waals surface area contributed by atoms with Crippen molar-refractivity contribution in [3.8, 4) is 0 Å². The van der Waals surface area contributed by atoms with Gasteiger partial charge in [0.2, 0.25) is 0 Å². The number of nitrogens with one attached hydrogen (secondary N) is 1. The van der Waals surface area contributed by atoms with E-state index in [4.69, 9.17) is 4.74 Å². The highest BCUT2D eigenvalue weighted by Crippen LogP contribution is 2.08. The second kappa shape index (κ2) is 5.33. The molecule has 0 unspecified atom stereocenters. The van der Waals surface area contributed by atoms with Crippen molar-refractivity contribution in [2.45, 2.75) is 19.8 Å². The lowest BCUT2D eigenvalue weighted by Crippen LogP contribution is -2.20. The largest absolute Gasteiger partial charge is 0.381 e. The van der Waals surface area contributed by atoms with E-state index in [1.54, 1.807) is 5.57 Å². The molecule has 2 nitrogen and oxygen atoms in total. The van der Waals surface area contributed by atoms with Crippen LogP contribution in [0.4, 0.5) is 0 Å². The van der Waals surface area contributed by atoms with E-state index in [1.807, 2.05) is 6.92 Å². The number of hydrogen-bond donors (Lipinski definition) is 1. The van der Waals surface area contributed by atoms with Gasteiger partial charge in [-0.05, 0) is 26.3 Å². The summed E-state index contributed by atoms with van der Waals surface area (Å²) in [7, 11) is 0. The van der Waals surface area contributed by atoms with Crippen LogP contribution in [0.5, 0.6) is 0 Å². The molecule has 1 aliphatic heterocycles. The fraction of sp³-hybridized carbons (Fsp3) is 0.778. The monoisotopic (exact) mass is 155 g/mol. The third-order valence-electron chi connectivity index (χ3n) is 1.93. The maximum Gasteiger partial charge on any atom is 0.0503 e. The first-order chi connectivity index (χ1) is 5.43. The molecule has 1 N–H and O–H groups in total. The van der Waals surface area contributed by atoms with Crippen molar-refractivity contribution in [2.24, 2.45) is 0 Å². The van der Waals surface area contributed by atoms with Crippen molar-refractivity contribution in [2.75, 3.05) is 26.3 Å². The van der Waals surface area contributed by atoms with Gasteiger partial charge in [-0.3, -0.25) is 0 Å². The van der Waals surface area contributed by atoms with Gasteiger partial charge in [0.15, 0.2) is 0 Å². The van der Waals surface area contributed by atoms with E-state index in [9.17, 15) is 0 Å². The second-order valence-electron chi connectivity index (χ2n) is 2.76. The zero-order valence-electron chi connectivity index (χ0n) is 7.23. The molecule has 1 aliphatic rings. The topological polar surface area (TPSA) is 21.3 Å². The van der Waals surface area contributed by atoms with Crippen LogP contribution in [-0.2, 0) is 4.74 Å². The van der Waals surface area contributed by atoms with Gasteiger partial charge in [-0.25, -0.2) is 0 Å². The molecule has 0 saturated carbocycles. The zero-order valence-corrected chi connectivity index (χ0v) is 7.23. The Morgan fingerprint density at radius 2 is 2.55 bits per heavy atom. The average molecular weight is 155 g/mol. The molecule has 1 heterocycles. The van der Waals surface area contributed by atoms with Crippen molar-refractivity contribution < 1.29 is 4.74 Å². The second-order valence-corrected chi connectivity index (χ2v) is 2.76. The summed E-state index contributed by atoms with van der Waals surface area (Å²) in [6.07, 6.45) is 4.60. The molecule has 0 aromatic heterocycles. The summed E-state index contributed by atoms with van der Waals surface area (Å²) >= 11 is 0. The van der Waals surface area contributed by atoms with Crippen LogP contribution in [-0.4, -0.2) is 26.3 Å². The Labute approximate surface area is 68.6 Å². The van der Waals surface area contributed by atoms with E-state index in [0.29, 0.717) is 0 Å². The smallest absolute Gasteiger partial charge is 0.0503 e. The highest BCUT2D eigenvalue weighted by atomic mass is 16.5. The number of ether oxygens (including phenoxy) is 1. The molecule has 0 fully saturated rings. The van der Waals surface area contributed by atoms with E-state index in [1.165, 1.54) is 6.42 Å². The summed E-state index contributed by atoms with van der Waals surface area (Å²) in [6.45, 7) is 5.95. The fourth-order valence-corrected chi connectivity index (χ4v) is 1.24. The van der Waals surface area contributed by atoms with Crippen LogP contribution in [0.1, 0.15) is 19.8 Å². The molecule has 0 radical (unpaired) electrons. The van der Waals surface area contributed by atoms with Crippen LogP contribution in [0.3, 0.4) is 0 Å². The summed E-state index contributed by atoms with van der Waals surface area (Å²) in [5.74, 6) is 0. The van der Waals surface area contributed by atoms with E-state index in [2.05, 4.69) is 11.4 Å². The van der Waals surface area contributed by atoms with Gasteiger partial charge >= 0.3 is 0 Å². The summed E-state index contributed by atoms with van der Waals surface area (Å²) in [5, 5.41) is 3.29. The summed E-state index contributed by atoms with van der Waals surface area (Å²) in [6, 6.07) is 0. The van der Waals surface area contributed by atoms with Gasteiger partial charge in [0, 0.05) is 13.2 Å². The standard InChI is InChI=1S/C9H17NO/c1-2-11-8-5-9-3-6-10-7-4-9/h3,10H,2,4-8H2,1H3. The minimum atomic E-state index is 0.839. The number of rotatable bonds is 4. The van der Waals surface area contributed by atoms with Crippen molar-refractivity contribution in [1.29, 1.82) is 0 Å². The predicted molar refractivity (Wildman–Crippen MR) is 46.7 cm³/mol. The van der Waals surface area contributed by atoms with Crippen LogP contribution >= 0.6 is 0 Å². The third-order valence-corrected chi connectivity index (χ3v) is 1.93. The van der Waals surface area contributed by atoms with Crippen LogP contribution < -0.4 is 5.32 Å². The molecule has 1 rings (SSSR count). The molecule has 0 aromatic rings. The molecule has 64 valence electrons. The Balaban J connectivity index is 2.09. The van der Waals surface area contributed by atoms with Crippen molar-refractivity contribution in [3.05, 3.63) is 11.6 Å². The third kappa shape index (κ3) is 3.54.